The molecular weight excluding hydrogens is 250 g/mol. The highest BCUT2D eigenvalue weighted by atomic mass is 16.5. The normalized spacial score (nSPS) is 36.1. The molecule has 20 heavy (non-hydrogen) atoms. The zero-order valence-electron chi connectivity index (χ0n) is 14.3. The zero-order valence-corrected chi connectivity index (χ0v) is 14.3. The van der Waals surface area contributed by atoms with E-state index in [1.165, 1.54) is 0 Å². The Labute approximate surface area is 124 Å². The lowest BCUT2D eigenvalue weighted by molar-refractivity contribution is -0.206. The van der Waals surface area contributed by atoms with Gasteiger partial charge in [-0.25, -0.2) is 0 Å². The van der Waals surface area contributed by atoms with Crippen LogP contribution in [0.1, 0.15) is 66.7 Å². The van der Waals surface area contributed by atoms with Crippen LogP contribution in [0.2, 0.25) is 0 Å². The summed E-state index contributed by atoms with van der Waals surface area (Å²) >= 11 is 0. The van der Waals surface area contributed by atoms with Gasteiger partial charge in [0.05, 0.1) is 18.8 Å². The number of aliphatic hydroxyl groups excluding tert-OH is 1. The smallest absolute Gasteiger partial charge is 0.0717 e. The van der Waals surface area contributed by atoms with Crippen molar-refractivity contribution >= 4 is 0 Å². The standard InChI is InChI=1S/C17H33NO2/c1-7-16(12-19)8-9-17(20-13-16)10-14(2,3)18(6)15(4,5)11-17/h19H,7-13H2,1-6H3. The van der Waals surface area contributed by atoms with Crippen LogP contribution in [0.3, 0.4) is 0 Å². The lowest BCUT2D eigenvalue weighted by Gasteiger charge is -2.60. The highest BCUT2D eigenvalue weighted by molar-refractivity contribution is 5.08. The second kappa shape index (κ2) is 4.96. The first-order chi connectivity index (χ1) is 9.10. The largest absolute Gasteiger partial charge is 0.396 e. The van der Waals surface area contributed by atoms with Gasteiger partial charge in [0.25, 0.3) is 0 Å². The maximum absolute atomic E-state index is 9.69. The first-order valence-electron chi connectivity index (χ1n) is 8.09. The van der Waals surface area contributed by atoms with Crippen LogP contribution in [0.15, 0.2) is 0 Å². The summed E-state index contributed by atoms with van der Waals surface area (Å²) in [5, 5.41) is 9.69. The van der Waals surface area contributed by atoms with Crippen molar-refractivity contribution in [1.29, 1.82) is 0 Å². The molecule has 2 fully saturated rings. The first-order valence-corrected chi connectivity index (χ1v) is 8.09. The topological polar surface area (TPSA) is 32.7 Å². The van der Waals surface area contributed by atoms with Gasteiger partial charge < -0.3 is 9.84 Å². The fraction of sp³-hybridized carbons (Fsp3) is 1.00. The van der Waals surface area contributed by atoms with E-state index in [0.717, 1.165) is 38.7 Å². The average molecular weight is 283 g/mol. The molecule has 0 amide bonds. The van der Waals surface area contributed by atoms with Crippen molar-refractivity contribution in [2.75, 3.05) is 20.3 Å². The molecule has 2 saturated heterocycles. The first kappa shape index (κ1) is 16.3. The van der Waals surface area contributed by atoms with E-state index < -0.39 is 0 Å². The number of hydrogen-bond acceptors (Lipinski definition) is 3. The van der Waals surface area contributed by atoms with Gasteiger partial charge in [-0.3, -0.25) is 4.90 Å². The van der Waals surface area contributed by atoms with Crippen molar-refractivity contribution < 1.29 is 9.84 Å². The molecule has 3 nitrogen and oxygen atoms in total. The maximum atomic E-state index is 9.69. The Balaban J connectivity index is 2.18. The predicted molar refractivity (Wildman–Crippen MR) is 82.9 cm³/mol. The maximum Gasteiger partial charge on any atom is 0.0717 e. The summed E-state index contributed by atoms with van der Waals surface area (Å²) in [6.07, 6.45) is 5.36. The molecule has 1 atom stereocenters. The minimum absolute atomic E-state index is 0.00286. The molecule has 1 N–H and O–H groups in total. The van der Waals surface area contributed by atoms with Crippen LogP contribution in [0.25, 0.3) is 0 Å². The van der Waals surface area contributed by atoms with E-state index in [2.05, 4.69) is 46.6 Å². The minimum Gasteiger partial charge on any atom is -0.396 e. The molecule has 0 aliphatic carbocycles. The molecule has 118 valence electrons. The molecule has 3 heteroatoms. The molecule has 1 unspecified atom stereocenters. The predicted octanol–water partition coefficient (Wildman–Crippen LogP) is 3.21. The van der Waals surface area contributed by atoms with E-state index in [9.17, 15) is 5.11 Å². The molecular formula is C17H33NO2. The van der Waals surface area contributed by atoms with Crippen LogP contribution in [0.5, 0.6) is 0 Å². The Bertz CT molecular complexity index is 328. The van der Waals surface area contributed by atoms with Crippen LogP contribution < -0.4 is 0 Å². The number of hydrogen-bond donors (Lipinski definition) is 1. The molecule has 2 aliphatic rings. The van der Waals surface area contributed by atoms with E-state index >= 15 is 0 Å². The Morgan fingerprint density at radius 2 is 1.60 bits per heavy atom. The molecule has 0 radical (unpaired) electrons. The summed E-state index contributed by atoms with van der Waals surface area (Å²) in [4.78, 5) is 2.50. The van der Waals surface area contributed by atoms with Crippen molar-refractivity contribution in [3.05, 3.63) is 0 Å². The van der Waals surface area contributed by atoms with Crippen molar-refractivity contribution in [1.82, 2.24) is 4.90 Å². The van der Waals surface area contributed by atoms with E-state index in [0.29, 0.717) is 0 Å². The van der Waals surface area contributed by atoms with Gasteiger partial charge in [-0.2, -0.15) is 0 Å². The van der Waals surface area contributed by atoms with Gasteiger partial charge in [0.1, 0.15) is 0 Å². The second-order valence-corrected chi connectivity index (χ2v) is 8.52. The Morgan fingerprint density at radius 3 is 1.95 bits per heavy atom. The van der Waals surface area contributed by atoms with Gasteiger partial charge in [0.15, 0.2) is 0 Å². The third-order valence-corrected chi connectivity index (χ3v) is 6.21. The Morgan fingerprint density at radius 1 is 1.05 bits per heavy atom. The molecule has 0 aromatic rings. The summed E-state index contributed by atoms with van der Waals surface area (Å²) in [6.45, 7) is 12.4. The van der Waals surface area contributed by atoms with Crippen LogP contribution in [0.4, 0.5) is 0 Å². The molecule has 0 aromatic carbocycles. The van der Waals surface area contributed by atoms with Gasteiger partial charge in [-0.05, 0) is 66.8 Å². The summed E-state index contributed by atoms with van der Waals surface area (Å²) in [6, 6.07) is 0. The quantitative estimate of drug-likeness (QED) is 0.844. The van der Waals surface area contributed by atoms with Crippen molar-refractivity contribution in [3.8, 4) is 0 Å². The Hall–Kier alpha value is -0.120. The fourth-order valence-corrected chi connectivity index (χ4v) is 4.43. The number of aliphatic hydroxyl groups is 1. The number of nitrogens with zero attached hydrogens (tertiary/aromatic N) is 1. The number of rotatable bonds is 2. The van der Waals surface area contributed by atoms with Crippen LogP contribution in [-0.2, 0) is 4.74 Å². The van der Waals surface area contributed by atoms with E-state index in [4.69, 9.17) is 4.74 Å². The monoisotopic (exact) mass is 283 g/mol. The summed E-state index contributed by atoms with van der Waals surface area (Å²) < 4.78 is 6.44. The minimum atomic E-state index is 0.00286. The molecule has 2 rings (SSSR count). The number of ether oxygens (including phenoxy) is 1. The van der Waals surface area contributed by atoms with E-state index in [1.807, 2.05) is 0 Å². The van der Waals surface area contributed by atoms with E-state index in [-0.39, 0.29) is 28.7 Å². The van der Waals surface area contributed by atoms with Gasteiger partial charge in [0.2, 0.25) is 0 Å². The lowest BCUT2D eigenvalue weighted by Crippen LogP contribution is -2.65. The third kappa shape index (κ3) is 2.65. The van der Waals surface area contributed by atoms with Gasteiger partial charge >= 0.3 is 0 Å². The molecule has 1 spiro atoms. The summed E-state index contributed by atoms with van der Waals surface area (Å²) in [5.74, 6) is 0. The SMILES string of the molecule is CCC1(CO)CCC2(CC(C)(C)N(C)C(C)(C)C2)OC1. The highest BCUT2D eigenvalue weighted by Crippen LogP contribution is 2.50. The lowest BCUT2D eigenvalue weighted by atomic mass is 9.65. The Kier molecular flexibility index (Phi) is 4.03. The van der Waals surface area contributed by atoms with Crippen LogP contribution in [-0.4, -0.2) is 46.9 Å². The molecule has 0 bridgehead atoms. The second-order valence-electron chi connectivity index (χ2n) is 8.52. The van der Waals surface area contributed by atoms with Crippen molar-refractivity contribution in [2.24, 2.45) is 5.41 Å². The molecule has 2 aliphatic heterocycles. The van der Waals surface area contributed by atoms with Crippen molar-refractivity contribution in [2.45, 2.75) is 83.4 Å². The fourth-order valence-electron chi connectivity index (χ4n) is 4.43. The molecule has 0 aromatic heterocycles. The number of piperidine rings is 1. The molecule has 0 saturated carbocycles. The average Bonchev–Trinajstić information content (AvgIpc) is 2.37. The summed E-state index contributed by atoms with van der Waals surface area (Å²) in [5.41, 5.74) is 0.330. The van der Waals surface area contributed by atoms with Gasteiger partial charge in [0, 0.05) is 16.5 Å². The van der Waals surface area contributed by atoms with E-state index in [1.54, 1.807) is 0 Å². The van der Waals surface area contributed by atoms with Crippen molar-refractivity contribution in [3.63, 3.8) is 0 Å². The summed E-state index contributed by atoms with van der Waals surface area (Å²) in [7, 11) is 2.24. The van der Waals surface area contributed by atoms with Gasteiger partial charge in [-0.15, -0.1) is 0 Å². The van der Waals surface area contributed by atoms with Gasteiger partial charge in [-0.1, -0.05) is 6.92 Å². The number of likely N-dealkylation sites (tertiary alicyclic amines) is 1. The van der Waals surface area contributed by atoms with Crippen LogP contribution in [0, 0.1) is 5.41 Å². The molecule has 2 heterocycles. The van der Waals surface area contributed by atoms with Crippen LogP contribution >= 0.6 is 0 Å². The zero-order chi connectivity index (χ0) is 15.2. The third-order valence-electron chi connectivity index (χ3n) is 6.21. The highest BCUT2D eigenvalue weighted by Gasteiger charge is 2.54.